The van der Waals surface area contributed by atoms with Crippen LogP contribution in [0, 0.1) is 0 Å². The van der Waals surface area contributed by atoms with Gasteiger partial charge in [-0.3, -0.25) is 0 Å². The van der Waals surface area contributed by atoms with Gasteiger partial charge in [0.2, 0.25) is 0 Å². The molecule has 36 heavy (non-hydrogen) atoms. The minimum atomic E-state index is -5.75. The number of halogens is 18. The smallest absolute Gasteiger partial charge is 0.166 e. The van der Waals surface area contributed by atoms with E-state index in [-0.39, 0.29) is 36.4 Å². The van der Waals surface area contributed by atoms with E-state index in [1.807, 2.05) is 0 Å². The quantitative estimate of drug-likeness (QED) is 0.280. The van der Waals surface area contributed by atoms with Crippen molar-refractivity contribution in [2.45, 2.75) is 37.1 Å². The van der Waals surface area contributed by atoms with E-state index < -0.39 is 70.4 Å². The molecule has 18 heteroatoms. The lowest BCUT2D eigenvalue weighted by Crippen LogP contribution is -2.22. The minimum Gasteiger partial charge on any atom is -0.166 e. The highest BCUT2D eigenvalue weighted by molar-refractivity contribution is 5.42. The van der Waals surface area contributed by atoms with Gasteiger partial charge < -0.3 is 0 Å². The zero-order valence-electron chi connectivity index (χ0n) is 16.3. The van der Waals surface area contributed by atoms with E-state index >= 15 is 0 Å². The first kappa shape index (κ1) is 31.2. The van der Waals surface area contributed by atoms with Crippen molar-refractivity contribution in [2.75, 3.05) is 0 Å². The molecule has 0 N–H and O–H groups in total. The van der Waals surface area contributed by atoms with E-state index in [1.165, 1.54) is 0 Å². The predicted molar refractivity (Wildman–Crippen MR) is 82.9 cm³/mol. The summed E-state index contributed by atoms with van der Waals surface area (Å²) in [5.41, 5.74) is -14.9. The lowest BCUT2D eigenvalue weighted by atomic mass is 9.99. The molecule has 0 aliphatic rings. The van der Waals surface area contributed by atoms with Crippen molar-refractivity contribution in [1.82, 2.24) is 0 Å². The lowest BCUT2D eigenvalue weighted by Gasteiger charge is -2.20. The van der Waals surface area contributed by atoms with Crippen molar-refractivity contribution in [1.29, 1.82) is 0 Å². The molecule has 0 fully saturated rings. The third kappa shape index (κ3) is 7.59. The topological polar surface area (TPSA) is 0 Å². The fourth-order valence-corrected chi connectivity index (χ4v) is 2.66. The van der Waals surface area contributed by atoms with Crippen molar-refractivity contribution in [3.8, 4) is 0 Å². The predicted octanol–water partition coefficient (Wildman–Crippen LogP) is 9.49. The lowest BCUT2D eigenvalue weighted by molar-refractivity contribution is -0.174. The highest BCUT2D eigenvalue weighted by atomic mass is 19.4. The van der Waals surface area contributed by atoms with Gasteiger partial charge in [-0.25, -0.2) is 0 Å². The summed E-state index contributed by atoms with van der Waals surface area (Å²) >= 11 is 0. The second-order valence-electron chi connectivity index (χ2n) is 6.44. The molecule has 0 aliphatic carbocycles. The van der Waals surface area contributed by atoms with Gasteiger partial charge in [0, 0.05) is 0 Å². The van der Waals surface area contributed by atoms with Crippen LogP contribution in [-0.2, 0) is 37.1 Å². The molecule has 0 radical (unpaired) electrons. The SMILES string of the molecule is FC(F)(F)c1cccc(C(F)(F)F)c1C(F)(F)F.FC(F)(F)c1cccc(C(F)(F)F)c1C(F)(F)F. The summed E-state index contributed by atoms with van der Waals surface area (Å²) in [5, 5.41) is 0. The summed E-state index contributed by atoms with van der Waals surface area (Å²) < 4.78 is 222. The van der Waals surface area contributed by atoms with Crippen LogP contribution in [0.15, 0.2) is 36.4 Å². The number of rotatable bonds is 0. The van der Waals surface area contributed by atoms with Crippen LogP contribution in [0.3, 0.4) is 0 Å². The molecule has 0 saturated carbocycles. The Kier molecular flexibility index (Phi) is 8.30. The normalized spacial score (nSPS) is 13.8. The van der Waals surface area contributed by atoms with Crippen molar-refractivity contribution in [3.63, 3.8) is 0 Å². The largest absolute Gasteiger partial charge is 0.417 e. The molecule has 0 unspecified atom stereocenters. The third-order valence-electron chi connectivity index (χ3n) is 3.92. The van der Waals surface area contributed by atoms with Gasteiger partial charge in [0.05, 0.1) is 33.4 Å². The number of hydrogen-bond acceptors (Lipinski definition) is 0. The van der Waals surface area contributed by atoms with Crippen molar-refractivity contribution >= 4 is 0 Å². The third-order valence-corrected chi connectivity index (χ3v) is 3.92. The minimum absolute atomic E-state index is 0.0436. The molecule has 0 spiro atoms. The van der Waals surface area contributed by atoms with E-state index in [1.54, 1.807) is 0 Å². The maximum Gasteiger partial charge on any atom is 0.417 e. The fourth-order valence-electron chi connectivity index (χ4n) is 2.66. The zero-order chi connectivity index (χ0) is 28.7. The van der Waals surface area contributed by atoms with Crippen LogP contribution in [0.5, 0.6) is 0 Å². The summed E-state index contributed by atoms with van der Waals surface area (Å²) in [7, 11) is 0. The van der Waals surface area contributed by atoms with Crippen LogP contribution >= 0.6 is 0 Å². The van der Waals surface area contributed by atoms with Gasteiger partial charge in [-0.1, -0.05) is 12.1 Å². The van der Waals surface area contributed by atoms with Gasteiger partial charge in [-0.15, -0.1) is 0 Å². The van der Waals surface area contributed by atoms with E-state index in [2.05, 4.69) is 0 Å². The first-order chi connectivity index (χ1) is 15.7. The van der Waals surface area contributed by atoms with Crippen LogP contribution in [-0.4, -0.2) is 0 Å². The number of benzene rings is 2. The Morgan fingerprint density at radius 3 is 0.556 bits per heavy atom. The molecule has 0 nitrogen and oxygen atoms in total. The van der Waals surface area contributed by atoms with Gasteiger partial charge in [0.25, 0.3) is 0 Å². The zero-order valence-corrected chi connectivity index (χ0v) is 16.3. The van der Waals surface area contributed by atoms with E-state index in [0.29, 0.717) is 0 Å². The van der Waals surface area contributed by atoms with Gasteiger partial charge in [-0.2, -0.15) is 79.0 Å². The summed E-state index contributed by atoms with van der Waals surface area (Å²) in [6, 6.07) is 0.383. The molecule has 2 aromatic carbocycles. The highest BCUT2D eigenvalue weighted by Gasteiger charge is 2.51. The van der Waals surface area contributed by atoms with Gasteiger partial charge in [0.1, 0.15) is 0 Å². The molecule has 0 atom stereocenters. The second kappa shape index (κ2) is 9.57. The average molecular weight is 564 g/mol. The van der Waals surface area contributed by atoms with Crippen LogP contribution in [0.2, 0.25) is 0 Å². The Bertz CT molecular complexity index is 891. The Morgan fingerprint density at radius 2 is 0.444 bits per heavy atom. The van der Waals surface area contributed by atoms with Crippen molar-refractivity contribution in [2.24, 2.45) is 0 Å². The summed E-state index contributed by atoms with van der Waals surface area (Å²) in [6.45, 7) is 0. The van der Waals surface area contributed by atoms with Gasteiger partial charge in [-0.05, 0) is 24.3 Å². The maximum atomic E-state index is 12.4. The first-order valence-electron chi connectivity index (χ1n) is 8.39. The molecule has 0 aliphatic heterocycles. The van der Waals surface area contributed by atoms with E-state index in [4.69, 9.17) is 0 Å². The summed E-state index contributed by atoms with van der Waals surface area (Å²) in [6.07, 6.45) is -33.6. The highest BCUT2D eigenvalue weighted by Crippen LogP contribution is 2.47. The van der Waals surface area contributed by atoms with Crippen LogP contribution in [0.25, 0.3) is 0 Å². The van der Waals surface area contributed by atoms with Crippen molar-refractivity contribution < 1.29 is 79.0 Å². The molecule has 2 rings (SSSR count). The molecule has 0 bridgehead atoms. The molecular formula is C18H6F18. The second-order valence-corrected chi connectivity index (χ2v) is 6.44. The molecule has 2 aromatic rings. The number of hydrogen-bond donors (Lipinski definition) is 0. The molecular weight excluding hydrogens is 558 g/mol. The number of alkyl halides is 18. The van der Waals surface area contributed by atoms with Crippen LogP contribution in [0.4, 0.5) is 79.0 Å². The van der Waals surface area contributed by atoms with Gasteiger partial charge >= 0.3 is 37.1 Å². The Morgan fingerprint density at radius 1 is 0.278 bits per heavy atom. The Balaban J connectivity index is 0.000000360. The standard InChI is InChI=1S/2C9H3F9/c2*10-7(11,12)4-2-1-3-5(8(13,14)15)6(4)9(16,17)18/h2*1-3H. The molecule has 204 valence electrons. The average Bonchev–Trinajstić information content (AvgIpc) is 2.63. The first-order valence-corrected chi connectivity index (χ1v) is 8.39. The summed E-state index contributed by atoms with van der Waals surface area (Å²) in [5.74, 6) is 0. The molecule has 0 heterocycles. The molecule has 0 amide bonds. The van der Waals surface area contributed by atoms with E-state index in [9.17, 15) is 79.0 Å². The Labute approximate surface area is 187 Å². The fraction of sp³-hybridized carbons (Fsp3) is 0.333. The molecule has 0 aromatic heterocycles. The van der Waals surface area contributed by atoms with Crippen LogP contribution < -0.4 is 0 Å². The van der Waals surface area contributed by atoms with E-state index in [0.717, 1.165) is 0 Å². The maximum absolute atomic E-state index is 12.4. The van der Waals surface area contributed by atoms with Gasteiger partial charge in [0.15, 0.2) is 0 Å². The Hall–Kier alpha value is -2.82. The molecule has 0 saturated heterocycles. The summed E-state index contributed by atoms with van der Waals surface area (Å²) in [4.78, 5) is 0. The van der Waals surface area contributed by atoms with Crippen molar-refractivity contribution in [3.05, 3.63) is 69.8 Å². The monoisotopic (exact) mass is 564 g/mol. The van der Waals surface area contributed by atoms with Crippen LogP contribution in [0.1, 0.15) is 33.4 Å².